The molecule has 0 saturated heterocycles. The van der Waals surface area contributed by atoms with Crippen molar-refractivity contribution in [3.8, 4) is 5.75 Å². The van der Waals surface area contributed by atoms with Crippen molar-refractivity contribution in [3.05, 3.63) is 29.3 Å². The van der Waals surface area contributed by atoms with Crippen molar-refractivity contribution in [3.63, 3.8) is 0 Å². The van der Waals surface area contributed by atoms with E-state index in [4.69, 9.17) is 0 Å². The molecule has 1 heteroatoms. The van der Waals surface area contributed by atoms with Crippen LogP contribution in [0.25, 0.3) is 0 Å². The third-order valence-corrected chi connectivity index (χ3v) is 3.75. The van der Waals surface area contributed by atoms with Crippen molar-refractivity contribution < 1.29 is 5.11 Å². The zero-order valence-electron chi connectivity index (χ0n) is 13.1. The number of hydrogen-bond donors (Lipinski definition) is 1. The predicted molar refractivity (Wildman–Crippen MR) is 83.8 cm³/mol. The van der Waals surface area contributed by atoms with Crippen molar-refractivity contribution in [2.45, 2.75) is 72.1 Å². The van der Waals surface area contributed by atoms with Gasteiger partial charge in [0.05, 0.1) is 0 Å². The van der Waals surface area contributed by atoms with Crippen molar-refractivity contribution in [1.82, 2.24) is 0 Å². The van der Waals surface area contributed by atoms with Crippen LogP contribution in [0.3, 0.4) is 0 Å². The predicted octanol–water partition coefficient (Wildman–Crippen LogP) is 5.66. The first-order valence-corrected chi connectivity index (χ1v) is 7.83. The van der Waals surface area contributed by atoms with Crippen LogP contribution in [0.15, 0.2) is 18.2 Å². The van der Waals surface area contributed by atoms with Crippen LogP contribution < -0.4 is 0 Å². The first-order chi connectivity index (χ1) is 9.02. The standard InChI is InChI=1S/C18H30O/c1-14(2)10-7-5-6-8-11-16-12-9-13-17(15(3)4)18(16)19/h9,12-15,19H,5-8,10-11H2,1-4H3. The van der Waals surface area contributed by atoms with Gasteiger partial charge in [-0.05, 0) is 35.8 Å². The highest BCUT2D eigenvalue weighted by molar-refractivity contribution is 5.42. The van der Waals surface area contributed by atoms with E-state index in [9.17, 15) is 5.11 Å². The number of aryl methyl sites for hydroxylation is 1. The number of phenolic OH excluding ortho intramolecular Hbond substituents is 1. The second kappa shape index (κ2) is 8.24. The molecule has 0 amide bonds. The molecule has 1 aromatic carbocycles. The molecule has 1 nitrogen and oxygen atoms in total. The molecule has 0 aromatic heterocycles. The monoisotopic (exact) mass is 262 g/mol. The van der Waals surface area contributed by atoms with Gasteiger partial charge in [0.25, 0.3) is 0 Å². The topological polar surface area (TPSA) is 20.2 Å². The van der Waals surface area contributed by atoms with E-state index in [2.05, 4.69) is 39.8 Å². The lowest BCUT2D eigenvalue weighted by Gasteiger charge is -2.12. The summed E-state index contributed by atoms with van der Waals surface area (Å²) in [6.07, 6.45) is 7.48. The van der Waals surface area contributed by atoms with Gasteiger partial charge in [0, 0.05) is 0 Å². The summed E-state index contributed by atoms with van der Waals surface area (Å²) in [5, 5.41) is 10.2. The Hall–Kier alpha value is -0.980. The second-order valence-electron chi connectivity index (χ2n) is 6.36. The molecule has 0 aliphatic rings. The van der Waals surface area contributed by atoms with E-state index in [0.29, 0.717) is 11.7 Å². The van der Waals surface area contributed by atoms with Crippen molar-refractivity contribution >= 4 is 0 Å². The molecular weight excluding hydrogens is 232 g/mol. The number of hydrogen-bond acceptors (Lipinski definition) is 1. The van der Waals surface area contributed by atoms with Gasteiger partial charge in [-0.25, -0.2) is 0 Å². The zero-order valence-corrected chi connectivity index (χ0v) is 13.1. The van der Waals surface area contributed by atoms with Crippen LogP contribution in [0.4, 0.5) is 0 Å². The third kappa shape index (κ3) is 5.67. The SMILES string of the molecule is CC(C)CCCCCCc1cccc(C(C)C)c1O. The average molecular weight is 262 g/mol. The van der Waals surface area contributed by atoms with Crippen molar-refractivity contribution in [1.29, 1.82) is 0 Å². The highest BCUT2D eigenvalue weighted by Gasteiger charge is 2.09. The largest absolute Gasteiger partial charge is 0.507 e. The summed E-state index contributed by atoms with van der Waals surface area (Å²) in [4.78, 5) is 0. The molecule has 0 aliphatic carbocycles. The van der Waals surface area contributed by atoms with Crippen LogP contribution in [0.5, 0.6) is 5.75 Å². The normalized spacial score (nSPS) is 11.5. The molecule has 19 heavy (non-hydrogen) atoms. The van der Waals surface area contributed by atoms with Crippen LogP contribution in [-0.4, -0.2) is 5.11 Å². The Morgan fingerprint density at radius 3 is 2.26 bits per heavy atom. The Morgan fingerprint density at radius 1 is 0.947 bits per heavy atom. The first kappa shape index (κ1) is 16.1. The van der Waals surface area contributed by atoms with Crippen LogP contribution in [-0.2, 0) is 6.42 Å². The molecule has 0 radical (unpaired) electrons. The molecule has 0 bridgehead atoms. The van der Waals surface area contributed by atoms with E-state index in [0.717, 1.165) is 23.5 Å². The summed E-state index contributed by atoms with van der Waals surface area (Å²) in [5.74, 6) is 1.75. The summed E-state index contributed by atoms with van der Waals surface area (Å²) in [7, 11) is 0. The second-order valence-corrected chi connectivity index (χ2v) is 6.36. The fourth-order valence-corrected chi connectivity index (χ4v) is 2.50. The van der Waals surface area contributed by atoms with E-state index in [1.807, 2.05) is 6.07 Å². The molecule has 1 aromatic rings. The molecule has 0 spiro atoms. The summed E-state index contributed by atoms with van der Waals surface area (Å²) >= 11 is 0. The number of phenols is 1. The first-order valence-electron chi connectivity index (χ1n) is 7.83. The lowest BCUT2D eigenvalue weighted by Crippen LogP contribution is -1.94. The Labute approximate surface area is 119 Å². The summed E-state index contributed by atoms with van der Waals surface area (Å²) in [6, 6.07) is 6.17. The Kier molecular flexibility index (Phi) is 6.97. The summed E-state index contributed by atoms with van der Waals surface area (Å²) < 4.78 is 0. The van der Waals surface area contributed by atoms with Crippen molar-refractivity contribution in [2.24, 2.45) is 5.92 Å². The van der Waals surface area contributed by atoms with Crippen LogP contribution >= 0.6 is 0 Å². The molecule has 1 rings (SSSR count). The minimum Gasteiger partial charge on any atom is -0.507 e. The fourth-order valence-electron chi connectivity index (χ4n) is 2.50. The lowest BCUT2D eigenvalue weighted by molar-refractivity contribution is 0.455. The van der Waals surface area contributed by atoms with Gasteiger partial charge in [-0.15, -0.1) is 0 Å². The summed E-state index contributed by atoms with van der Waals surface area (Å²) in [6.45, 7) is 8.83. The molecule has 0 atom stereocenters. The maximum absolute atomic E-state index is 10.2. The van der Waals surface area contributed by atoms with E-state index in [1.54, 1.807) is 0 Å². The average Bonchev–Trinajstić information content (AvgIpc) is 2.34. The molecule has 0 saturated carbocycles. The zero-order chi connectivity index (χ0) is 14.3. The Balaban J connectivity index is 2.35. The lowest BCUT2D eigenvalue weighted by atomic mass is 9.96. The number of benzene rings is 1. The molecular formula is C18H30O. The molecule has 0 aliphatic heterocycles. The van der Waals surface area contributed by atoms with Crippen LogP contribution in [0.1, 0.15) is 76.8 Å². The van der Waals surface area contributed by atoms with Crippen LogP contribution in [0.2, 0.25) is 0 Å². The highest BCUT2D eigenvalue weighted by atomic mass is 16.3. The molecule has 0 fully saturated rings. The van der Waals surface area contributed by atoms with Gasteiger partial charge in [-0.3, -0.25) is 0 Å². The number of rotatable bonds is 8. The smallest absolute Gasteiger partial charge is 0.122 e. The van der Waals surface area contributed by atoms with Gasteiger partial charge in [-0.1, -0.05) is 71.6 Å². The minimum absolute atomic E-state index is 0.394. The highest BCUT2D eigenvalue weighted by Crippen LogP contribution is 2.29. The van der Waals surface area contributed by atoms with E-state index < -0.39 is 0 Å². The van der Waals surface area contributed by atoms with Crippen molar-refractivity contribution in [2.75, 3.05) is 0 Å². The van der Waals surface area contributed by atoms with E-state index in [1.165, 1.54) is 32.1 Å². The Morgan fingerprint density at radius 2 is 1.63 bits per heavy atom. The molecule has 0 heterocycles. The van der Waals surface area contributed by atoms with Crippen LogP contribution in [0, 0.1) is 5.92 Å². The maximum atomic E-state index is 10.2. The van der Waals surface area contributed by atoms with Gasteiger partial charge in [0.2, 0.25) is 0 Å². The maximum Gasteiger partial charge on any atom is 0.122 e. The quantitative estimate of drug-likeness (QED) is 0.599. The molecule has 0 unspecified atom stereocenters. The Bertz CT molecular complexity index is 366. The van der Waals surface area contributed by atoms with Gasteiger partial charge in [0.1, 0.15) is 5.75 Å². The number of unbranched alkanes of at least 4 members (excludes halogenated alkanes) is 3. The number of para-hydroxylation sites is 1. The van der Waals surface area contributed by atoms with E-state index in [-0.39, 0.29) is 0 Å². The molecule has 1 N–H and O–H groups in total. The van der Waals surface area contributed by atoms with Gasteiger partial charge in [0.15, 0.2) is 0 Å². The fraction of sp³-hybridized carbons (Fsp3) is 0.667. The minimum atomic E-state index is 0.394. The van der Waals surface area contributed by atoms with Gasteiger partial charge in [-0.2, -0.15) is 0 Å². The summed E-state index contributed by atoms with van der Waals surface area (Å²) in [5.41, 5.74) is 2.20. The van der Waals surface area contributed by atoms with Gasteiger partial charge < -0.3 is 5.11 Å². The van der Waals surface area contributed by atoms with Gasteiger partial charge >= 0.3 is 0 Å². The number of aromatic hydroxyl groups is 1. The third-order valence-electron chi connectivity index (χ3n) is 3.75. The molecule has 108 valence electrons. The van der Waals surface area contributed by atoms with E-state index >= 15 is 0 Å².